The van der Waals surface area contributed by atoms with Gasteiger partial charge in [-0.3, -0.25) is 20.2 Å². The molecule has 1 aromatic heterocycles. The summed E-state index contributed by atoms with van der Waals surface area (Å²) >= 11 is 6.15. The minimum absolute atomic E-state index is 0.0792. The summed E-state index contributed by atoms with van der Waals surface area (Å²) in [6.07, 6.45) is 0. The van der Waals surface area contributed by atoms with E-state index < -0.39 is 27.6 Å². The van der Waals surface area contributed by atoms with Crippen molar-refractivity contribution in [3.05, 3.63) is 157 Å². The van der Waals surface area contributed by atoms with Crippen LogP contribution in [0.1, 0.15) is 26.3 Å². The molecule has 0 fully saturated rings. The average Bonchev–Trinajstić information content (AvgIpc) is 3.64. The van der Waals surface area contributed by atoms with E-state index in [0.717, 1.165) is 0 Å². The van der Waals surface area contributed by atoms with E-state index in [4.69, 9.17) is 22.7 Å². The van der Waals surface area contributed by atoms with Crippen LogP contribution in [-0.2, 0) is 4.74 Å². The highest BCUT2D eigenvalue weighted by Crippen LogP contribution is 2.37. The second kappa shape index (κ2) is 15.9. The summed E-state index contributed by atoms with van der Waals surface area (Å²) < 4.78 is 18.8. The molecule has 15 heteroatoms. The van der Waals surface area contributed by atoms with Gasteiger partial charge >= 0.3 is 11.9 Å². The standard InChI is InChI=1S/C22H13FN2O4S.C15H12N2O4S/c23-18-7-3-1-6-16(18)19-12-30-21(24-19)13-9-10-14(17(11-13)22(26)27)15-5-2-4-8-20(15)25(28)29;1-21-15(18)12-8-9(14(16)22)6-7-10(12)11-4-2-3-5-13(11)17(19)20/h1-12H,(H,26,27);2-8H,1H3,(H2,16,22). The van der Waals surface area contributed by atoms with E-state index in [2.05, 4.69) is 4.98 Å². The monoisotopic (exact) mass is 736 g/mol. The summed E-state index contributed by atoms with van der Waals surface area (Å²) in [6, 6.07) is 27.7. The number of aromatic nitrogens is 1. The van der Waals surface area contributed by atoms with Gasteiger partial charge in [0.15, 0.2) is 0 Å². The smallest absolute Gasteiger partial charge is 0.338 e. The largest absolute Gasteiger partial charge is 0.478 e. The van der Waals surface area contributed by atoms with E-state index in [1.165, 1.54) is 67.0 Å². The third kappa shape index (κ3) is 7.85. The van der Waals surface area contributed by atoms with Crippen LogP contribution in [0.2, 0.25) is 0 Å². The number of nitro groups is 2. The van der Waals surface area contributed by atoms with Gasteiger partial charge in [0.25, 0.3) is 11.4 Å². The summed E-state index contributed by atoms with van der Waals surface area (Å²) in [7, 11) is 1.24. The molecule has 6 rings (SSSR count). The van der Waals surface area contributed by atoms with Gasteiger partial charge in [0.2, 0.25) is 0 Å². The van der Waals surface area contributed by atoms with Gasteiger partial charge in [-0.05, 0) is 36.4 Å². The molecule has 0 bridgehead atoms. The van der Waals surface area contributed by atoms with E-state index in [-0.39, 0.29) is 38.6 Å². The molecule has 0 saturated carbocycles. The van der Waals surface area contributed by atoms with Crippen molar-refractivity contribution in [3.63, 3.8) is 0 Å². The molecule has 6 aromatic rings. The molecule has 0 aliphatic carbocycles. The Bertz CT molecular complexity index is 2380. The lowest BCUT2D eigenvalue weighted by atomic mass is 9.96. The minimum atomic E-state index is -1.21. The fourth-order valence-electron chi connectivity index (χ4n) is 5.22. The molecule has 1 heterocycles. The lowest BCUT2D eigenvalue weighted by molar-refractivity contribution is -0.384. The summed E-state index contributed by atoms with van der Waals surface area (Å²) in [5.41, 5.74) is 8.37. The first-order valence-corrected chi connectivity index (χ1v) is 16.3. The van der Waals surface area contributed by atoms with E-state index >= 15 is 0 Å². The number of aromatic carboxylic acids is 1. The Morgan fingerprint density at radius 3 is 1.87 bits per heavy atom. The van der Waals surface area contributed by atoms with Crippen molar-refractivity contribution in [1.82, 2.24) is 4.98 Å². The van der Waals surface area contributed by atoms with Gasteiger partial charge in [-0.25, -0.2) is 19.0 Å². The molecule has 0 aliphatic heterocycles. The Kier molecular flexibility index (Phi) is 11.2. The highest BCUT2D eigenvalue weighted by atomic mass is 32.1. The predicted octanol–water partition coefficient (Wildman–Crippen LogP) is 8.57. The maximum absolute atomic E-state index is 14.0. The molecule has 0 amide bonds. The first-order chi connectivity index (χ1) is 24.9. The molecule has 52 heavy (non-hydrogen) atoms. The molecule has 12 nitrogen and oxygen atoms in total. The lowest BCUT2D eigenvalue weighted by Crippen LogP contribution is -2.12. The number of benzene rings is 5. The van der Waals surface area contributed by atoms with Gasteiger partial charge in [-0.1, -0.05) is 72.9 Å². The first-order valence-electron chi connectivity index (χ1n) is 15.0. The predicted molar refractivity (Wildman–Crippen MR) is 198 cm³/mol. The summed E-state index contributed by atoms with van der Waals surface area (Å²) in [5.74, 6) is -2.23. The number of nitrogens with two attached hydrogens (primary N) is 1. The number of methoxy groups -OCH3 is 1. The quantitative estimate of drug-likeness (QED) is 0.0626. The maximum Gasteiger partial charge on any atom is 0.338 e. The zero-order chi connectivity index (χ0) is 37.5. The number of thiazole rings is 1. The van der Waals surface area contributed by atoms with E-state index in [1.807, 2.05) is 0 Å². The van der Waals surface area contributed by atoms with Crippen LogP contribution in [0.3, 0.4) is 0 Å². The molecule has 0 unspecified atom stereocenters. The molecular formula is C37H25FN4O8S2. The second-order valence-corrected chi connectivity index (χ2v) is 12.0. The number of carbonyl (C=O) groups is 2. The van der Waals surface area contributed by atoms with Crippen molar-refractivity contribution in [2.45, 2.75) is 0 Å². The Hall–Kier alpha value is -6.71. The number of carbonyl (C=O) groups excluding carboxylic acids is 1. The van der Waals surface area contributed by atoms with Gasteiger partial charge < -0.3 is 15.6 Å². The number of thiocarbonyl (C=S) groups is 1. The number of hydrogen-bond donors (Lipinski definition) is 2. The van der Waals surface area contributed by atoms with Crippen molar-refractivity contribution in [1.29, 1.82) is 0 Å². The van der Waals surface area contributed by atoms with Crippen LogP contribution in [0.5, 0.6) is 0 Å². The summed E-state index contributed by atoms with van der Waals surface area (Å²) in [4.78, 5) is 49.9. The normalized spacial score (nSPS) is 10.4. The highest BCUT2D eigenvalue weighted by molar-refractivity contribution is 7.80. The Labute approximate surface area is 303 Å². The number of esters is 1. The van der Waals surface area contributed by atoms with Crippen molar-refractivity contribution in [3.8, 4) is 44.1 Å². The molecule has 0 aliphatic rings. The van der Waals surface area contributed by atoms with Crippen LogP contribution >= 0.6 is 23.6 Å². The SMILES string of the molecule is COC(=O)c1cc(C(N)=S)ccc1-c1ccccc1[N+](=O)[O-].O=C(O)c1cc(-c2nc(-c3ccccc3F)cs2)ccc1-c1ccccc1[N+](=O)[O-]. The molecule has 0 saturated heterocycles. The Balaban J connectivity index is 0.000000212. The number of para-hydroxylation sites is 2. The first kappa shape index (κ1) is 36.6. The van der Waals surface area contributed by atoms with Crippen LogP contribution in [0.25, 0.3) is 44.1 Å². The number of ether oxygens (including phenoxy) is 1. The van der Waals surface area contributed by atoms with Gasteiger partial charge in [0, 0.05) is 45.3 Å². The zero-order valence-electron chi connectivity index (χ0n) is 26.9. The van der Waals surface area contributed by atoms with Crippen molar-refractivity contribution >= 4 is 51.9 Å². The van der Waals surface area contributed by atoms with Crippen LogP contribution in [-0.4, -0.2) is 44.0 Å². The summed E-state index contributed by atoms with van der Waals surface area (Å²) in [6.45, 7) is 0. The second-order valence-electron chi connectivity index (χ2n) is 10.7. The van der Waals surface area contributed by atoms with Crippen LogP contribution in [0.4, 0.5) is 15.8 Å². The molecule has 3 N–H and O–H groups in total. The topological polar surface area (TPSA) is 189 Å². The van der Waals surface area contributed by atoms with E-state index in [1.54, 1.807) is 66.0 Å². The van der Waals surface area contributed by atoms with Gasteiger partial charge in [0.1, 0.15) is 15.8 Å². The van der Waals surface area contributed by atoms with Crippen LogP contribution < -0.4 is 5.73 Å². The van der Waals surface area contributed by atoms with E-state index in [9.17, 15) is 39.3 Å². The molecule has 0 atom stereocenters. The Morgan fingerprint density at radius 1 is 0.788 bits per heavy atom. The third-order valence-corrected chi connectivity index (χ3v) is 8.77. The molecule has 0 radical (unpaired) electrons. The average molecular weight is 737 g/mol. The lowest BCUT2D eigenvalue weighted by Gasteiger charge is -2.10. The molecule has 0 spiro atoms. The zero-order valence-corrected chi connectivity index (χ0v) is 28.5. The van der Waals surface area contributed by atoms with Crippen molar-refractivity contribution < 1.29 is 33.7 Å². The number of hydrogen-bond acceptors (Lipinski definition) is 10. The number of halogens is 1. The Morgan fingerprint density at radius 2 is 1.33 bits per heavy atom. The number of carboxylic acid groups (broad SMARTS) is 1. The van der Waals surface area contributed by atoms with Crippen molar-refractivity contribution in [2.75, 3.05) is 7.11 Å². The van der Waals surface area contributed by atoms with Crippen LogP contribution in [0.15, 0.2) is 115 Å². The molecule has 5 aromatic carbocycles. The minimum Gasteiger partial charge on any atom is -0.478 e. The fraction of sp³-hybridized carbons (Fsp3) is 0.0270. The molecular weight excluding hydrogens is 712 g/mol. The summed E-state index contributed by atoms with van der Waals surface area (Å²) in [5, 5.41) is 34.4. The molecule has 260 valence electrons. The van der Waals surface area contributed by atoms with Gasteiger partial charge in [0.05, 0.1) is 44.9 Å². The number of carboxylic acids is 1. The van der Waals surface area contributed by atoms with Crippen LogP contribution in [0, 0.1) is 26.0 Å². The van der Waals surface area contributed by atoms with E-state index in [0.29, 0.717) is 38.5 Å². The highest BCUT2D eigenvalue weighted by Gasteiger charge is 2.23. The third-order valence-electron chi connectivity index (χ3n) is 7.64. The number of nitrogens with zero attached hydrogens (tertiary/aromatic N) is 3. The number of nitro benzene ring substituents is 2. The maximum atomic E-state index is 14.0. The van der Waals surface area contributed by atoms with Gasteiger partial charge in [-0.2, -0.15) is 0 Å². The fourth-order valence-corrected chi connectivity index (χ4v) is 6.16. The number of rotatable bonds is 9. The van der Waals surface area contributed by atoms with Gasteiger partial charge in [-0.15, -0.1) is 11.3 Å². The van der Waals surface area contributed by atoms with Crippen molar-refractivity contribution in [2.24, 2.45) is 5.73 Å².